The van der Waals surface area contributed by atoms with E-state index in [1.807, 2.05) is 0 Å². The van der Waals surface area contributed by atoms with Gasteiger partial charge in [-0.3, -0.25) is 0 Å². The van der Waals surface area contributed by atoms with Crippen molar-refractivity contribution in [3.63, 3.8) is 0 Å². The van der Waals surface area contributed by atoms with E-state index in [2.05, 4.69) is 17.1 Å². The van der Waals surface area contributed by atoms with Gasteiger partial charge >= 0.3 is 0 Å². The van der Waals surface area contributed by atoms with Crippen LogP contribution in [0.3, 0.4) is 0 Å². The molecule has 0 aromatic heterocycles. The van der Waals surface area contributed by atoms with E-state index < -0.39 is 0 Å². The van der Waals surface area contributed by atoms with Gasteiger partial charge in [0.05, 0.1) is 5.60 Å². The van der Waals surface area contributed by atoms with Gasteiger partial charge in [0.25, 0.3) is 0 Å². The molecule has 2 nitrogen and oxygen atoms in total. The van der Waals surface area contributed by atoms with Gasteiger partial charge in [-0.15, -0.1) is 0 Å². The first kappa shape index (κ1) is 14.2. The van der Waals surface area contributed by atoms with Gasteiger partial charge in [-0.1, -0.05) is 19.3 Å². The average Bonchev–Trinajstić information content (AvgIpc) is 2.47. The fourth-order valence-electron chi connectivity index (χ4n) is 4.02. The van der Waals surface area contributed by atoms with Crippen LogP contribution in [0.2, 0.25) is 0 Å². The second-order valence-electron chi connectivity index (χ2n) is 6.75. The molecule has 3 rings (SSSR count). The SMILES string of the molecule is C1CCC(CNC2CCOC3(CCSCC3)C2)CC1. The third kappa shape index (κ3) is 3.89. The number of ether oxygens (including phenoxy) is 1. The highest BCUT2D eigenvalue weighted by Crippen LogP contribution is 2.37. The van der Waals surface area contributed by atoms with Gasteiger partial charge in [-0.25, -0.2) is 0 Å². The molecule has 1 spiro atoms. The minimum atomic E-state index is 0.244. The third-order valence-electron chi connectivity index (χ3n) is 5.32. The summed E-state index contributed by atoms with van der Waals surface area (Å²) in [7, 11) is 0. The van der Waals surface area contributed by atoms with Gasteiger partial charge in [0.2, 0.25) is 0 Å². The summed E-state index contributed by atoms with van der Waals surface area (Å²) in [5.74, 6) is 3.56. The molecule has 2 aliphatic heterocycles. The maximum Gasteiger partial charge on any atom is 0.0713 e. The molecule has 2 saturated heterocycles. The van der Waals surface area contributed by atoms with E-state index in [1.54, 1.807) is 0 Å². The normalized spacial score (nSPS) is 32.5. The van der Waals surface area contributed by atoms with E-state index in [0.29, 0.717) is 0 Å². The van der Waals surface area contributed by atoms with E-state index >= 15 is 0 Å². The minimum absolute atomic E-state index is 0.244. The molecule has 1 N–H and O–H groups in total. The molecule has 0 amide bonds. The Morgan fingerprint density at radius 2 is 1.84 bits per heavy atom. The maximum absolute atomic E-state index is 6.18. The van der Waals surface area contributed by atoms with Crippen molar-refractivity contribution in [2.24, 2.45) is 5.92 Å². The Hall–Kier alpha value is 0.270. The van der Waals surface area contributed by atoms with Crippen LogP contribution < -0.4 is 5.32 Å². The fraction of sp³-hybridized carbons (Fsp3) is 1.00. The second kappa shape index (κ2) is 6.82. The maximum atomic E-state index is 6.18. The molecule has 110 valence electrons. The Morgan fingerprint density at radius 1 is 1.05 bits per heavy atom. The molecule has 3 fully saturated rings. The zero-order valence-corrected chi connectivity index (χ0v) is 13.0. The average molecular weight is 283 g/mol. The summed E-state index contributed by atoms with van der Waals surface area (Å²) in [6, 6.07) is 0.721. The largest absolute Gasteiger partial charge is 0.375 e. The quantitative estimate of drug-likeness (QED) is 0.855. The Bertz CT molecular complexity index is 266. The van der Waals surface area contributed by atoms with Crippen LogP contribution in [0.5, 0.6) is 0 Å². The van der Waals surface area contributed by atoms with Gasteiger partial charge < -0.3 is 10.1 Å². The number of rotatable bonds is 3. The summed E-state index contributed by atoms with van der Waals surface area (Å²) in [4.78, 5) is 0. The van der Waals surface area contributed by atoms with Crippen molar-refractivity contribution in [2.75, 3.05) is 24.7 Å². The highest BCUT2D eigenvalue weighted by molar-refractivity contribution is 7.99. The summed E-state index contributed by atoms with van der Waals surface area (Å²) in [6.07, 6.45) is 12.3. The molecule has 1 unspecified atom stereocenters. The van der Waals surface area contributed by atoms with Gasteiger partial charge in [0.15, 0.2) is 0 Å². The molecule has 0 radical (unpaired) electrons. The van der Waals surface area contributed by atoms with E-state index in [9.17, 15) is 0 Å². The molecule has 0 aromatic carbocycles. The molecular formula is C16H29NOS. The standard InChI is InChI=1S/C16H29NOS/c1-2-4-14(5-3-1)13-17-15-6-9-18-16(12-15)7-10-19-11-8-16/h14-15,17H,1-13H2. The summed E-state index contributed by atoms with van der Waals surface area (Å²) in [6.45, 7) is 2.24. The van der Waals surface area contributed by atoms with Crippen molar-refractivity contribution in [2.45, 2.75) is 69.4 Å². The van der Waals surface area contributed by atoms with E-state index in [0.717, 1.165) is 18.6 Å². The highest BCUT2D eigenvalue weighted by Gasteiger charge is 2.38. The van der Waals surface area contributed by atoms with E-state index in [4.69, 9.17) is 4.74 Å². The molecule has 3 heteroatoms. The summed E-state index contributed by atoms with van der Waals surface area (Å²) in [5, 5.41) is 3.88. The Morgan fingerprint density at radius 3 is 2.63 bits per heavy atom. The molecule has 0 bridgehead atoms. The highest BCUT2D eigenvalue weighted by atomic mass is 32.2. The summed E-state index contributed by atoms with van der Waals surface area (Å²) < 4.78 is 6.18. The first-order valence-electron chi connectivity index (χ1n) is 8.31. The monoisotopic (exact) mass is 283 g/mol. The molecule has 1 atom stereocenters. The van der Waals surface area contributed by atoms with Crippen molar-refractivity contribution in [3.05, 3.63) is 0 Å². The van der Waals surface area contributed by atoms with Crippen molar-refractivity contribution < 1.29 is 4.74 Å². The zero-order chi connectivity index (χ0) is 13.0. The fourth-order valence-corrected chi connectivity index (χ4v) is 5.26. The first-order valence-corrected chi connectivity index (χ1v) is 9.47. The van der Waals surface area contributed by atoms with Crippen LogP contribution in [0.25, 0.3) is 0 Å². The van der Waals surface area contributed by atoms with Crippen molar-refractivity contribution >= 4 is 11.8 Å². The molecule has 2 heterocycles. The predicted molar refractivity (Wildman–Crippen MR) is 82.8 cm³/mol. The minimum Gasteiger partial charge on any atom is -0.375 e. The van der Waals surface area contributed by atoms with Crippen molar-refractivity contribution in [1.82, 2.24) is 5.32 Å². The molecule has 1 saturated carbocycles. The molecule has 0 aromatic rings. The number of hydrogen-bond acceptors (Lipinski definition) is 3. The number of nitrogens with one attached hydrogen (secondary N) is 1. The Balaban J connectivity index is 1.45. The van der Waals surface area contributed by atoms with Gasteiger partial charge in [0.1, 0.15) is 0 Å². The lowest BCUT2D eigenvalue weighted by Crippen LogP contribution is -2.49. The Labute approximate surface area is 122 Å². The lowest BCUT2D eigenvalue weighted by atomic mass is 9.84. The molecule has 19 heavy (non-hydrogen) atoms. The van der Waals surface area contributed by atoms with Crippen LogP contribution in [-0.4, -0.2) is 36.3 Å². The van der Waals surface area contributed by atoms with Crippen LogP contribution >= 0.6 is 11.8 Å². The van der Waals surface area contributed by atoms with Crippen molar-refractivity contribution in [3.8, 4) is 0 Å². The van der Waals surface area contributed by atoms with E-state index in [1.165, 1.54) is 75.8 Å². The number of thioether (sulfide) groups is 1. The predicted octanol–water partition coefficient (Wildman–Crippen LogP) is 3.60. The van der Waals surface area contributed by atoms with Crippen molar-refractivity contribution in [1.29, 1.82) is 0 Å². The van der Waals surface area contributed by atoms with Gasteiger partial charge in [-0.2, -0.15) is 11.8 Å². The summed E-state index contributed by atoms with van der Waals surface area (Å²) >= 11 is 2.10. The lowest BCUT2D eigenvalue weighted by molar-refractivity contribution is -0.0934. The molecule has 1 aliphatic carbocycles. The smallest absolute Gasteiger partial charge is 0.0713 e. The molecule has 3 aliphatic rings. The third-order valence-corrected chi connectivity index (χ3v) is 6.30. The lowest BCUT2D eigenvalue weighted by Gasteiger charge is -2.44. The first-order chi connectivity index (χ1) is 9.36. The van der Waals surface area contributed by atoms with Crippen LogP contribution in [0.1, 0.15) is 57.8 Å². The Kier molecular flexibility index (Phi) is 5.10. The van der Waals surface area contributed by atoms with Crippen LogP contribution in [0, 0.1) is 5.92 Å². The van der Waals surface area contributed by atoms with Crippen LogP contribution in [0.15, 0.2) is 0 Å². The van der Waals surface area contributed by atoms with Gasteiger partial charge in [0, 0.05) is 12.6 Å². The zero-order valence-electron chi connectivity index (χ0n) is 12.2. The topological polar surface area (TPSA) is 21.3 Å². The van der Waals surface area contributed by atoms with E-state index in [-0.39, 0.29) is 5.60 Å². The second-order valence-corrected chi connectivity index (χ2v) is 7.97. The van der Waals surface area contributed by atoms with Crippen LogP contribution in [-0.2, 0) is 4.74 Å². The molecular weight excluding hydrogens is 254 g/mol. The summed E-state index contributed by atoms with van der Waals surface area (Å²) in [5.41, 5.74) is 0.244. The van der Waals surface area contributed by atoms with Gasteiger partial charge in [-0.05, 0) is 62.5 Å². The van der Waals surface area contributed by atoms with Crippen LogP contribution in [0.4, 0.5) is 0 Å². The number of hydrogen-bond donors (Lipinski definition) is 1.